The van der Waals surface area contributed by atoms with E-state index < -0.39 is 0 Å². The maximum atomic E-state index is 5.88. The Kier molecular flexibility index (Phi) is 6.52. The Bertz CT molecular complexity index is 350. The molecule has 1 aromatic rings. The summed E-state index contributed by atoms with van der Waals surface area (Å²) < 4.78 is 7.89. The van der Waals surface area contributed by atoms with E-state index in [1.807, 2.05) is 18.0 Å². The predicted molar refractivity (Wildman–Crippen MR) is 79.3 cm³/mol. The fourth-order valence-corrected chi connectivity index (χ4v) is 2.76. The Morgan fingerprint density at radius 2 is 2.00 bits per heavy atom. The van der Waals surface area contributed by atoms with Crippen molar-refractivity contribution < 1.29 is 4.74 Å². The second-order valence-electron chi connectivity index (χ2n) is 5.00. The molecule has 1 heterocycles. The van der Waals surface area contributed by atoms with E-state index in [0.717, 1.165) is 32.4 Å². The molecule has 1 atom stereocenters. The fraction of sp³-hybridized carbons (Fsp3) is 0.800. The SMILES string of the molecule is CCCn1cc(C(NCC)C(CC)(CC)OC)cn1. The van der Waals surface area contributed by atoms with Crippen molar-refractivity contribution >= 4 is 0 Å². The molecule has 19 heavy (non-hydrogen) atoms. The Balaban J connectivity index is 3.03. The van der Waals surface area contributed by atoms with E-state index in [-0.39, 0.29) is 11.6 Å². The van der Waals surface area contributed by atoms with Crippen LogP contribution in [0.25, 0.3) is 0 Å². The highest BCUT2D eigenvalue weighted by Gasteiger charge is 2.37. The molecule has 0 bridgehead atoms. The van der Waals surface area contributed by atoms with Gasteiger partial charge < -0.3 is 10.1 Å². The van der Waals surface area contributed by atoms with E-state index in [4.69, 9.17) is 4.74 Å². The minimum absolute atomic E-state index is 0.157. The summed E-state index contributed by atoms with van der Waals surface area (Å²) in [5.74, 6) is 0. The zero-order valence-corrected chi connectivity index (χ0v) is 13.1. The highest BCUT2D eigenvalue weighted by molar-refractivity contribution is 5.16. The zero-order chi connectivity index (χ0) is 14.3. The summed E-state index contributed by atoms with van der Waals surface area (Å²) in [4.78, 5) is 0. The van der Waals surface area contributed by atoms with Crippen molar-refractivity contribution in [2.75, 3.05) is 13.7 Å². The molecule has 0 saturated heterocycles. The van der Waals surface area contributed by atoms with Gasteiger partial charge in [-0.3, -0.25) is 4.68 Å². The van der Waals surface area contributed by atoms with Crippen LogP contribution >= 0.6 is 0 Å². The van der Waals surface area contributed by atoms with E-state index in [0.29, 0.717) is 0 Å². The van der Waals surface area contributed by atoms with Crippen LogP contribution in [0.2, 0.25) is 0 Å². The monoisotopic (exact) mass is 267 g/mol. The zero-order valence-electron chi connectivity index (χ0n) is 13.1. The van der Waals surface area contributed by atoms with Crippen LogP contribution in [-0.4, -0.2) is 29.0 Å². The van der Waals surface area contributed by atoms with Crippen LogP contribution in [0.5, 0.6) is 0 Å². The second-order valence-corrected chi connectivity index (χ2v) is 5.00. The molecular formula is C15H29N3O. The Morgan fingerprint density at radius 1 is 1.32 bits per heavy atom. The first-order chi connectivity index (χ1) is 9.17. The third-order valence-electron chi connectivity index (χ3n) is 3.98. The molecule has 0 aliphatic carbocycles. The number of aryl methyl sites for hydroxylation is 1. The lowest BCUT2D eigenvalue weighted by Gasteiger charge is -2.38. The molecule has 4 nitrogen and oxygen atoms in total. The molecule has 0 aliphatic heterocycles. The van der Waals surface area contributed by atoms with Gasteiger partial charge in [-0.2, -0.15) is 5.10 Å². The lowest BCUT2D eigenvalue weighted by Crippen LogP contribution is -2.44. The summed E-state index contributed by atoms with van der Waals surface area (Å²) in [5.41, 5.74) is 1.07. The molecule has 0 aromatic carbocycles. The summed E-state index contributed by atoms with van der Waals surface area (Å²) in [5, 5.41) is 8.02. The van der Waals surface area contributed by atoms with Crippen LogP contribution in [0, 0.1) is 0 Å². The molecule has 1 aromatic heterocycles. The first kappa shape index (κ1) is 16.2. The molecule has 4 heteroatoms. The first-order valence-corrected chi connectivity index (χ1v) is 7.48. The van der Waals surface area contributed by atoms with Crippen molar-refractivity contribution in [3.8, 4) is 0 Å². The van der Waals surface area contributed by atoms with Crippen molar-refractivity contribution in [1.82, 2.24) is 15.1 Å². The van der Waals surface area contributed by atoms with Gasteiger partial charge >= 0.3 is 0 Å². The smallest absolute Gasteiger partial charge is 0.0868 e. The number of nitrogens with one attached hydrogen (secondary N) is 1. The number of likely N-dealkylation sites (N-methyl/N-ethyl adjacent to an activating group) is 1. The summed E-state index contributed by atoms with van der Waals surface area (Å²) in [6.07, 6.45) is 7.19. The highest BCUT2D eigenvalue weighted by atomic mass is 16.5. The van der Waals surface area contributed by atoms with Gasteiger partial charge in [0.2, 0.25) is 0 Å². The van der Waals surface area contributed by atoms with Gasteiger partial charge in [0.05, 0.1) is 17.8 Å². The maximum Gasteiger partial charge on any atom is 0.0868 e. The number of methoxy groups -OCH3 is 1. The van der Waals surface area contributed by atoms with Crippen molar-refractivity contribution in [2.24, 2.45) is 0 Å². The summed E-state index contributed by atoms with van der Waals surface area (Å²) in [6.45, 7) is 10.6. The van der Waals surface area contributed by atoms with Crippen molar-refractivity contribution in [2.45, 2.75) is 65.1 Å². The highest BCUT2D eigenvalue weighted by Crippen LogP contribution is 2.34. The van der Waals surface area contributed by atoms with E-state index >= 15 is 0 Å². The molecule has 1 rings (SSSR count). The van der Waals surface area contributed by atoms with Crippen LogP contribution in [0.15, 0.2) is 12.4 Å². The van der Waals surface area contributed by atoms with Gasteiger partial charge in [0.15, 0.2) is 0 Å². The fourth-order valence-electron chi connectivity index (χ4n) is 2.76. The molecule has 1 N–H and O–H groups in total. The van der Waals surface area contributed by atoms with Gasteiger partial charge in [-0.05, 0) is 25.8 Å². The molecule has 110 valence electrons. The van der Waals surface area contributed by atoms with Crippen LogP contribution in [0.1, 0.15) is 58.6 Å². The molecule has 0 aliphatic rings. The number of hydrogen-bond acceptors (Lipinski definition) is 3. The molecular weight excluding hydrogens is 238 g/mol. The lowest BCUT2D eigenvalue weighted by atomic mass is 9.85. The standard InChI is InChI=1S/C15H29N3O/c1-6-10-18-12-13(11-17-18)14(16-9-4)15(7-2,8-3)19-5/h11-12,14,16H,6-10H2,1-5H3. The molecule has 0 radical (unpaired) electrons. The Hall–Kier alpha value is -0.870. The quantitative estimate of drug-likeness (QED) is 0.747. The summed E-state index contributed by atoms with van der Waals surface area (Å²) in [6, 6.07) is 0.197. The number of aromatic nitrogens is 2. The van der Waals surface area contributed by atoms with E-state index in [1.54, 1.807) is 0 Å². The van der Waals surface area contributed by atoms with Crippen molar-refractivity contribution in [3.05, 3.63) is 18.0 Å². The van der Waals surface area contributed by atoms with Crippen LogP contribution < -0.4 is 5.32 Å². The molecule has 0 fully saturated rings. The van der Waals surface area contributed by atoms with Gasteiger partial charge in [-0.1, -0.05) is 27.7 Å². The summed E-state index contributed by atoms with van der Waals surface area (Å²) >= 11 is 0. The number of nitrogens with zero attached hydrogens (tertiary/aromatic N) is 2. The number of hydrogen-bond donors (Lipinski definition) is 1. The van der Waals surface area contributed by atoms with Crippen LogP contribution in [0.3, 0.4) is 0 Å². The Labute approximate surface area is 117 Å². The van der Waals surface area contributed by atoms with E-state index in [2.05, 4.69) is 44.3 Å². The Morgan fingerprint density at radius 3 is 2.47 bits per heavy atom. The second kappa shape index (κ2) is 7.65. The van der Waals surface area contributed by atoms with Crippen molar-refractivity contribution in [1.29, 1.82) is 0 Å². The minimum Gasteiger partial charge on any atom is -0.376 e. The minimum atomic E-state index is -0.157. The van der Waals surface area contributed by atoms with Crippen LogP contribution in [-0.2, 0) is 11.3 Å². The number of ether oxygens (including phenoxy) is 1. The first-order valence-electron chi connectivity index (χ1n) is 7.48. The van der Waals surface area contributed by atoms with Gasteiger partial charge in [-0.25, -0.2) is 0 Å². The summed E-state index contributed by atoms with van der Waals surface area (Å²) in [7, 11) is 1.81. The molecule has 1 unspecified atom stereocenters. The van der Waals surface area contributed by atoms with E-state index in [1.165, 1.54) is 5.56 Å². The average molecular weight is 267 g/mol. The van der Waals surface area contributed by atoms with E-state index in [9.17, 15) is 0 Å². The lowest BCUT2D eigenvalue weighted by molar-refractivity contribution is -0.0482. The third kappa shape index (κ3) is 3.57. The average Bonchev–Trinajstić information content (AvgIpc) is 2.89. The molecule has 0 amide bonds. The normalized spacial score (nSPS) is 13.7. The molecule has 0 spiro atoms. The topological polar surface area (TPSA) is 39.1 Å². The van der Waals surface area contributed by atoms with Gasteiger partial charge in [-0.15, -0.1) is 0 Å². The van der Waals surface area contributed by atoms with Crippen LogP contribution in [0.4, 0.5) is 0 Å². The van der Waals surface area contributed by atoms with Gasteiger partial charge in [0.1, 0.15) is 0 Å². The predicted octanol–water partition coefficient (Wildman–Crippen LogP) is 3.15. The number of rotatable bonds is 9. The third-order valence-corrected chi connectivity index (χ3v) is 3.98. The largest absolute Gasteiger partial charge is 0.376 e. The van der Waals surface area contributed by atoms with Gasteiger partial charge in [0.25, 0.3) is 0 Å². The maximum absolute atomic E-state index is 5.88. The van der Waals surface area contributed by atoms with Crippen molar-refractivity contribution in [3.63, 3.8) is 0 Å². The van der Waals surface area contributed by atoms with Gasteiger partial charge in [0, 0.05) is 25.4 Å². The molecule has 0 saturated carbocycles.